The highest BCUT2D eigenvalue weighted by Gasteiger charge is 2.68. The molecule has 3 unspecified atom stereocenters. The zero-order valence-corrected chi connectivity index (χ0v) is 25.2. The molecule has 3 aliphatic carbocycles. The molecule has 0 spiro atoms. The Hall–Kier alpha value is -2.89. The summed E-state index contributed by atoms with van der Waals surface area (Å²) in [6.07, 6.45) is 3.92. The molecule has 42 heavy (non-hydrogen) atoms. The van der Waals surface area contributed by atoms with E-state index in [4.69, 9.17) is 4.74 Å². The van der Waals surface area contributed by atoms with Crippen LogP contribution >= 0.6 is 0 Å². The number of likely N-dealkylation sites (N-methyl/N-ethyl adjacent to an activating group) is 1. The number of nitrogens with zero attached hydrogens (tertiary/aromatic N) is 3. The van der Waals surface area contributed by atoms with Crippen LogP contribution in [0, 0.1) is 34.0 Å². The molecule has 10 atom stereocenters. The molecule has 230 valence electrons. The average molecular weight is 585 g/mol. The largest absolute Gasteiger partial charge is 0.458 e. The van der Waals surface area contributed by atoms with Crippen LogP contribution in [0.15, 0.2) is 29.7 Å². The van der Waals surface area contributed by atoms with Crippen LogP contribution in [-0.4, -0.2) is 75.7 Å². The molecule has 3 N–H and O–H groups in total. The first-order valence-electron chi connectivity index (χ1n) is 15.0. The van der Waals surface area contributed by atoms with Crippen molar-refractivity contribution in [2.45, 2.75) is 90.6 Å². The molecular weight excluding hydrogens is 540 g/mol. The normalized spacial score (nSPS) is 41.4. The van der Waals surface area contributed by atoms with E-state index in [2.05, 4.69) is 23.9 Å². The van der Waals surface area contributed by atoms with Crippen molar-refractivity contribution in [1.29, 1.82) is 0 Å². The second-order valence-corrected chi connectivity index (χ2v) is 13.6. The van der Waals surface area contributed by atoms with E-state index < -0.39 is 64.0 Å². The van der Waals surface area contributed by atoms with Crippen molar-refractivity contribution in [2.75, 3.05) is 18.6 Å². The number of Topliss-reactive ketones (excluding diaryl/α,β-unsaturated/α-hetero) is 1. The lowest BCUT2D eigenvalue weighted by atomic mass is 9.44. The van der Waals surface area contributed by atoms with E-state index in [0.29, 0.717) is 12.8 Å². The minimum Gasteiger partial charge on any atom is -0.458 e. The Bertz CT molecular complexity index is 1350. The number of aliphatic hydroxyl groups is 2. The highest BCUT2D eigenvalue weighted by atomic mass is 16.5. The van der Waals surface area contributed by atoms with Crippen LogP contribution < -0.4 is 15.9 Å². The zero-order chi connectivity index (χ0) is 30.8. The van der Waals surface area contributed by atoms with E-state index >= 15 is 0 Å². The number of rotatable bonds is 5. The van der Waals surface area contributed by atoms with Crippen molar-refractivity contribution in [1.82, 2.24) is 15.2 Å². The van der Waals surface area contributed by atoms with Crippen molar-refractivity contribution in [3.05, 3.63) is 40.8 Å². The Labute approximate surface area is 246 Å². The van der Waals surface area contributed by atoms with Crippen LogP contribution in [-0.2, 0) is 14.3 Å². The number of esters is 1. The lowest BCUT2D eigenvalue weighted by molar-refractivity contribution is -0.192. The van der Waals surface area contributed by atoms with Gasteiger partial charge in [-0.15, -0.1) is 11.4 Å². The van der Waals surface area contributed by atoms with Gasteiger partial charge in [0.05, 0.1) is 24.4 Å². The summed E-state index contributed by atoms with van der Waals surface area (Å²) in [6, 6.07) is 0.577. The minimum absolute atomic E-state index is 0.0408. The van der Waals surface area contributed by atoms with E-state index in [9.17, 15) is 29.4 Å². The molecule has 1 aromatic heterocycles. The van der Waals surface area contributed by atoms with Crippen molar-refractivity contribution >= 4 is 17.7 Å². The number of carbonyl (C=O) groups is 3. The van der Waals surface area contributed by atoms with Gasteiger partial charge in [-0.3, -0.25) is 14.4 Å². The standard InChI is InChI=1S/C31H44N4O7/c1-7-29(4)15-23(30(5)17(2)8-11-31(18(3)25(29)38)12-9-22(37)24(30)31)42-28(41)20-10-13-33-35(26(20)39)34(6)27(40)21-14-19(36)16-32-21/h7,10,13,17-19,21,23-25,32,36,38H,1,8-9,11-12,14-16H2,2-6H3/t17-,18+,19?,21?,23-,24?,25+,29-,30+,31+/m1/s1. The molecule has 11 nitrogen and oxygen atoms in total. The second kappa shape index (κ2) is 10.7. The molecule has 3 saturated carbocycles. The van der Waals surface area contributed by atoms with Gasteiger partial charge in [-0.05, 0) is 55.4 Å². The van der Waals surface area contributed by atoms with Gasteiger partial charge >= 0.3 is 11.5 Å². The number of carbonyl (C=O) groups excluding carboxylic acids is 3. The van der Waals surface area contributed by atoms with Crippen molar-refractivity contribution in [3.63, 3.8) is 0 Å². The number of aromatic nitrogens is 2. The first-order valence-corrected chi connectivity index (χ1v) is 15.0. The summed E-state index contributed by atoms with van der Waals surface area (Å²) in [5.41, 5.74) is -3.07. The fourth-order valence-electron chi connectivity index (χ4n) is 8.69. The molecule has 1 aromatic rings. The van der Waals surface area contributed by atoms with Gasteiger partial charge in [0.2, 0.25) is 0 Å². The maximum atomic E-state index is 13.8. The van der Waals surface area contributed by atoms with Gasteiger partial charge in [0.15, 0.2) is 0 Å². The first kappa shape index (κ1) is 30.6. The van der Waals surface area contributed by atoms with E-state index in [1.807, 2.05) is 20.8 Å². The Morgan fingerprint density at radius 3 is 2.60 bits per heavy atom. The average Bonchev–Trinajstić information content (AvgIpc) is 3.56. The number of nitrogens with one attached hydrogen (secondary N) is 1. The van der Waals surface area contributed by atoms with E-state index in [0.717, 1.165) is 22.6 Å². The molecule has 4 aliphatic rings. The van der Waals surface area contributed by atoms with Gasteiger partial charge in [0.25, 0.3) is 5.91 Å². The Morgan fingerprint density at radius 2 is 1.95 bits per heavy atom. The SMILES string of the molecule is C=C[C@]1(C)C[C@@H](OC(=O)c2ccnn(N(C)C(=O)C3CC(O)CN3)c2=O)[C@@]2(C)C3C(=O)CC[C@@]3(CC[C@H]2C)[C@@H](C)[C@@H]1O. The molecule has 2 bridgehead atoms. The smallest absolute Gasteiger partial charge is 0.344 e. The van der Waals surface area contributed by atoms with Crippen LogP contribution in [0.2, 0.25) is 0 Å². The maximum absolute atomic E-state index is 13.8. The summed E-state index contributed by atoms with van der Waals surface area (Å²) < 4.78 is 6.26. The summed E-state index contributed by atoms with van der Waals surface area (Å²) in [5.74, 6) is -1.71. The van der Waals surface area contributed by atoms with Gasteiger partial charge in [-0.25, -0.2) is 9.80 Å². The Morgan fingerprint density at radius 1 is 1.24 bits per heavy atom. The van der Waals surface area contributed by atoms with Gasteiger partial charge in [0, 0.05) is 36.8 Å². The van der Waals surface area contributed by atoms with Gasteiger partial charge in [-0.2, -0.15) is 5.10 Å². The number of hydrogen-bond donors (Lipinski definition) is 3. The number of amides is 1. The third-order valence-corrected chi connectivity index (χ3v) is 11.6. The fourth-order valence-corrected chi connectivity index (χ4v) is 8.69. The number of ether oxygens (including phenoxy) is 1. The fraction of sp³-hybridized carbons (Fsp3) is 0.710. The number of aliphatic hydroxyl groups excluding tert-OH is 2. The summed E-state index contributed by atoms with van der Waals surface area (Å²) in [6.45, 7) is 12.4. The second-order valence-electron chi connectivity index (χ2n) is 13.6. The first-order chi connectivity index (χ1) is 19.7. The third-order valence-electron chi connectivity index (χ3n) is 11.6. The van der Waals surface area contributed by atoms with Crippen LogP contribution in [0.4, 0.5) is 0 Å². The summed E-state index contributed by atoms with van der Waals surface area (Å²) in [5, 5.41) is 29.5. The number of ketones is 1. The molecular formula is C31H44N4O7. The lowest BCUT2D eigenvalue weighted by Gasteiger charge is -2.61. The Kier molecular flexibility index (Phi) is 7.77. The van der Waals surface area contributed by atoms with Crippen molar-refractivity contribution in [2.24, 2.45) is 34.0 Å². The third kappa shape index (κ3) is 4.46. The van der Waals surface area contributed by atoms with Gasteiger partial charge < -0.3 is 20.3 Å². The molecule has 0 aromatic carbocycles. The monoisotopic (exact) mass is 584 g/mol. The molecule has 1 aliphatic heterocycles. The summed E-state index contributed by atoms with van der Waals surface area (Å²) >= 11 is 0. The zero-order valence-electron chi connectivity index (χ0n) is 25.2. The molecule has 11 heteroatoms. The molecule has 2 heterocycles. The summed E-state index contributed by atoms with van der Waals surface area (Å²) in [7, 11) is 1.38. The van der Waals surface area contributed by atoms with Crippen molar-refractivity contribution < 1.29 is 29.3 Å². The van der Waals surface area contributed by atoms with Crippen LogP contribution in [0.3, 0.4) is 0 Å². The van der Waals surface area contributed by atoms with Crippen LogP contribution in [0.25, 0.3) is 0 Å². The highest BCUT2D eigenvalue weighted by Crippen LogP contribution is 2.68. The van der Waals surface area contributed by atoms with E-state index in [-0.39, 0.29) is 42.6 Å². The minimum atomic E-state index is -0.874. The molecule has 1 saturated heterocycles. The Balaban J connectivity index is 1.52. The quantitative estimate of drug-likeness (QED) is 0.346. The number of hydrogen-bond acceptors (Lipinski definition) is 9. The van der Waals surface area contributed by atoms with Gasteiger partial charge in [0.1, 0.15) is 17.5 Å². The van der Waals surface area contributed by atoms with Gasteiger partial charge in [-0.1, -0.05) is 33.8 Å². The highest BCUT2D eigenvalue weighted by molar-refractivity contribution is 5.92. The van der Waals surface area contributed by atoms with Crippen LogP contribution in [0.1, 0.15) is 76.6 Å². The van der Waals surface area contributed by atoms with E-state index in [1.54, 1.807) is 6.08 Å². The predicted octanol–water partition coefficient (Wildman–Crippen LogP) is 1.58. The van der Waals surface area contributed by atoms with Crippen LogP contribution in [0.5, 0.6) is 0 Å². The van der Waals surface area contributed by atoms with Crippen molar-refractivity contribution in [3.8, 4) is 0 Å². The number of β-amino-alcohol motifs (C(OH)–C–C–N with tert-alkyl or cyclic N) is 1. The van der Waals surface area contributed by atoms with E-state index in [1.165, 1.54) is 19.3 Å². The predicted molar refractivity (Wildman–Crippen MR) is 154 cm³/mol. The lowest BCUT2D eigenvalue weighted by Crippen LogP contribution is -2.63. The maximum Gasteiger partial charge on any atom is 0.344 e. The topological polar surface area (TPSA) is 151 Å². The molecule has 0 radical (unpaired) electrons. The molecule has 1 amide bonds. The molecule has 4 fully saturated rings. The summed E-state index contributed by atoms with van der Waals surface area (Å²) in [4.78, 5) is 54.7. The molecule has 5 rings (SSSR count).